The van der Waals surface area contributed by atoms with Crippen LogP contribution in [0.5, 0.6) is 0 Å². The van der Waals surface area contributed by atoms with Gasteiger partial charge in [-0.2, -0.15) is 0 Å². The number of aryl methyl sites for hydroxylation is 1. The van der Waals surface area contributed by atoms with E-state index in [0.29, 0.717) is 13.0 Å². The molecule has 17 heavy (non-hydrogen) atoms. The molecule has 0 saturated heterocycles. The van der Waals surface area contributed by atoms with Crippen LogP contribution in [0.4, 0.5) is 0 Å². The van der Waals surface area contributed by atoms with Gasteiger partial charge in [-0.3, -0.25) is 0 Å². The van der Waals surface area contributed by atoms with E-state index in [-0.39, 0.29) is 6.61 Å². The molecule has 4 nitrogen and oxygen atoms in total. The quantitative estimate of drug-likeness (QED) is 0.846. The summed E-state index contributed by atoms with van der Waals surface area (Å²) in [5, 5.41) is 17.4. The van der Waals surface area contributed by atoms with Gasteiger partial charge < -0.3 is 5.11 Å². The Labute approximate surface area is 101 Å². The summed E-state index contributed by atoms with van der Waals surface area (Å²) in [6, 6.07) is 10.2. The van der Waals surface area contributed by atoms with Gasteiger partial charge in [-0.1, -0.05) is 42.5 Å². The molecule has 0 spiro atoms. The fraction of sp³-hybridized carbons (Fsp3) is 0.385. The first-order valence-electron chi connectivity index (χ1n) is 5.91. The highest BCUT2D eigenvalue weighted by molar-refractivity contribution is 5.17. The SMILES string of the molecule is CCc1nnn(Cc2ccccc2)c1CCO. The molecule has 0 bridgehead atoms. The summed E-state index contributed by atoms with van der Waals surface area (Å²) >= 11 is 0. The molecule has 1 heterocycles. The summed E-state index contributed by atoms with van der Waals surface area (Å²) in [5.74, 6) is 0. The van der Waals surface area contributed by atoms with Gasteiger partial charge >= 0.3 is 0 Å². The standard InChI is InChI=1S/C13H17N3O/c1-2-12-13(8-9-17)16(15-14-12)10-11-6-4-3-5-7-11/h3-7,17H,2,8-10H2,1H3. The van der Waals surface area contributed by atoms with Crippen LogP contribution >= 0.6 is 0 Å². The Balaban J connectivity index is 2.23. The lowest BCUT2D eigenvalue weighted by molar-refractivity contribution is 0.295. The second-order valence-electron chi connectivity index (χ2n) is 3.95. The summed E-state index contributed by atoms with van der Waals surface area (Å²) in [6.07, 6.45) is 1.47. The van der Waals surface area contributed by atoms with E-state index >= 15 is 0 Å². The Morgan fingerprint density at radius 1 is 1.24 bits per heavy atom. The van der Waals surface area contributed by atoms with Crippen LogP contribution in [-0.4, -0.2) is 26.7 Å². The van der Waals surface area contributed by atoms with Gasteiger partial charge in [-0.25, -0.2) is 4.68 Å². The van der Waals surface area contributed by atoms with Crippen molar-refractivity contribution < 1.29 is 5.11 Å². The summed E-state index contributed by atoms with van der Waals surface area (Å²) < 4.78 is 1.88. The summed E-state index contributed by atoms with van der Waals surface area (Å²) in [4.78, 5) is 0. The van der Waals surface area contributed by atoms with Crippen molar-refractivity contribution in [1.82, 2.24) is 15.0 Å². The van der Waals surface area contributed by atoms with Crippen LogP contribution in [0.2, 0.25) is 0 Å². The zero-order valence-electron chi connectivity index (χ0n) is 10.0. The van der Waals surface area contributed by atoms with E-state index in [1.54, 1.807) is 0 Å². The molecule has 0 unspecified atom stereocenters. The minimum atomic E-state index is 0.134. The van der Waals surface area contributed by atoms with E-state index in [9.17, 15) is 0 Å². The highest BCUT2D eigenvalue weighted by Crippen LogP contribution is 2.10. The van der Waals surface area contributed by atoms with E-state index < -0.39 is 0 Å². The van der Waals surface area contributed by atoms with E-state index in [1.807, 2.05) is 22.9 Å². The van der Waals surface area contributed by atoms with Gasteiger partial charge in [0.1, 0.15) is 0 Å². The number of hydrogen-bond donors (Lipinski definition) is 1. The molecule has 90 valence electrons. The smallest absolute Gasteiger partial charge is 0.0857 e. The van der Waals surface area contributed by atoms with Crippen LogP contribution in [0.3, 0.4) is 0 Å². The number of aliphatic hydroxyl groups is 1. The van der Waals surface area contributed by atoms with Crippen molar-refractivity contribution in [3.63, 3.8) is 0 Å². The van der Waals surface area contributed by atoms with Gasteiger partial charge in [-0.05, 0) is 12.0 Å². The lowest BCUT2D eigenvalue weighted by atomic mass is 10.2. The van der Waals surface area contributed by atoms with E-state index in [4.69, 9.17) is 5.11 Å². The Morgan fingerprint density at radius 3 is 2.65 bits per heavy atom. The zero-order chi connectivity index (χ0) is 12.1. The van der Waals surface area contributed by atoms with Gasteiger partial charge in [0.15, 0.2) is 0 Å². The van der Waals surface area contributed by atoms with E-state index in [0.717, 1.165) is 17.8 Å². The summed E-state index contributed by atoms with van der Waals surface area (Å²) in [6.45, 7) is 2.90. The number of rotatable bonds is 5. The Bertz CT molecular complexity index is 465. The van der Waals surface area contributed by atoms with Gasteiger partial charge in [0.05, 0.1) is 17.9 Å². The summed E-state index contributed by atoms with van der Waals surface area (Å²) in [5.41, 5.74) is 3.22. The predicted molar refractivity (Wildman–Crippen MR) is 65.7 cm³/mol. The third-order valence-electron chi connectivity index (χ3n) is 2.78. The molecule has 4 heteroatoms. The van der Waals surface area contributed by atoms with E-state index in [2.05, 4.69) is 29.4 Å². The van der Waals surface area contributed by atoms with Crippen LogP contribution < -0.4 is 0 Å². The monoisotopic (exact) mass is 231 g/mol. The van der Waals surface area contributed by atoms with Crippen molar-refractivity contribution in [3.05, 3.63) is 47.3 Å². The molecule has 0 atom stereocenters. The highest BCUT2D eigenvalue weighted by Gasteiger charge is 2.10. The average molecular weight is 231 g/mol. The molecule has 0 fully saturated rings. The number of nitrogens with zero attached hydrogens (tertiary/aromatic N) is 3. The van der Waals surface area contributed by atoms with Gasteiger partial charge in [0.25, 0.3) is 0 Å². The maximum atomic E-state index is 9.08. The highest BCUT2D eigenvalue weighted by atomic mass is 16.3. The Hall–Kier alpha value is -1.68. The van der Waals surface area contributed by atoms with Crippen LogP contribution in [-0.2, 0) is 19.4 Å². The maximum absolute atomic E-state index is 9.08. The molecule has 0 amide bonds. The molecule has 1 aromatic carbocycles. The fourth-order valence-corrected chi connectivity index (χ4v) is 1.91. The number of aromatic nitrogens is 3. The van der Waals surface area contributed by atoms with Crippen LogP contribution in [0.1, 0.15) is 23.9 Å². The van der Waals surface area contributed by atoms with Gasteiger partial charge in [0, 0.05) is 13.0 Å². The maximum Gasteiger partial charge on any atom is 0.0857 e. The van der Waals surface area contributed by atoms with Crippen molar-refractivity contribution in [2.75, 3.05) is 6.61 Å². The molecule has 2 aromatic rings. The second kappa shape index (κ2) is 5.59. The third-order valence-corrected chi connectivity index (χ3v) is 2.78. The van der Waals surface area contributed by atoms with Crippen molar-refractivity contribution in [3.8, 4) is 0 Å². The third kappa shape index (κ3) is 2.71. The lowest BCUT2D eigenvalue weighted by Gasteiger charge is -2.06. The molecular weight excluding hydrogens is 214 g/mol. The normalized spacial score (nSPS) is 10.7. The Morgan fingerprint density at radius 2 is 2.00 bits per heavy atom. The molecule has 2 rings (SSSR count). The molecule has 1 aromatic heterocycles. The first-order chi connectivity index (χ1) is 8.35. The molecule has 0 aliphatic carbocycles. The van der Waals surface area contributed by atoms with Crippen LogP contribution in [0.15, 0.2) is 30.3 Å². The number of aliphatic hydroxyl groups excluding tert-OH is 1. The minimum Gasteiger partial charge on any atom is -0.396 e. The van der Waals surface area contributed by atoms with E-state index in [1.165, 1.54) is 5.56 Å². The van der Waals surface area contributed by atoms with Crippen LogP contribution in [0, 0.1) is 0 Å². The fourth-order valence-electron chi connectivity index (χ4n) is 1.91. The summed E-state index contributed by atoms with van der Waals surface area (Å²) in [7, 11) is 0. The van der Waals surface area contributed by atoms with Crippen LogP contribution in [0.25, 0.3) is 0 Å². The van der Waals surface area contributed by atoms with Crippen molar-refractivity contribution >= 4 is 0 Å². The molecule has 0 radical (unpaired) electrons. The molecule has 0 aliphatic rings. The topological polar surface area (TPSA) is 50.9 Å². The number of benzene rings is 1. The predicted octanol–water partition coefficient (Wildman–Crippen LogP) is 1.42. The lowest BCUT2D eigenvalue weighted by Crippen LogP contribution is -2.09. The van der Waals surface area contributed by atoms with Gasteiger partial charge in [0.2, 0.25) is 0 Å². The van der Waals surface area contributed by atoms with Crippen molar-refractivity contribution in [2.24, 2.45) is 0 Å². The zero-order valence-corrected chi connectivity index (χ0v) is 10.0. The van der Waals surface area contributed by atoms with Crippen molar-refractivity contribution in [2.45, 2.75) is 26.3 Å². The first-order valence-corrected chi connectivity index (χ1v) is 5.91. The molecule has 0 aliphatic heterocycles. The second-order valence-corrected chi connectivity index (χ2v) is 3.95. The number of hydrogen-bond acceptors (Lipinski definition) is 3. The Kier molecular flexibility index (Phi) is 3.88. The van der Waals surface area contributed by atoms with Gasteiger partial charge in [-0.15, -0.1) is 5.10 Å². The minimum absolute atomic E-state index is 0.134. The first kappa shape index (κ1) is 11.8. The largest absolute Gasteiger partial charge is 0.396 e. The average Bonchev–Trinajstić information content (AvgIpc) is 2.74. The van der Waals surface area contributed by atoms with Crippen molar-refractivity contribution in [1.29, 1.82) is 0 Å². The molecule has 0 saturated carbocycles. The molecular formula is C13H17N3O. The molecule has 1 N–H and O–H groups in total.